The molecule has 0 aliphatic heterocycles. The maximum Gasteiger partial charge on any atom is 0.223 e. The van der Waals surface area contributed by atoms with E-state index < -0.39 is 0 Å². The van der Waals surface area contributed by atoms with Crippen LogP contribution in [-0.4, -0.2) is 17.8 Å². The quantitative estimate of drug-likeness (QED) is 0.598. The van der Waals surface area contributed by atoms with E-state index in [0.29, 0.717) is 12.5 Å². The maximum absolute atomic E-state index is 11.9. The van der Waals surface area contributed by atoms with Gasteiger partial charge in [-0.3, -0.25) is 4.79 Å². The third kappa shape index (κ3) is 4.73. The van der Waals surface area contributed by atoms with Crippen molar-refractivity contribution >= 4 is 17.5 Å². The molecule has 0 aromatic rings. The van der Waals surface area contributed by atoms with Gasteiger partial charge in [0.2, 0.25) is 5.91 Å². The molecule has 1 rings (SSSR count). The number of rotatable bonds is 4. The number of nitrogens with one attached hydrogen (secondary N) is 1. The van der Waals surface area contributed by atoms with E-state index in [2.05, 4.69) is 19.2 Å². The van der Waals surface area contributed by atoms with Crippen LogP contribution in [0.15, 0.2) is 0 Å². The first kappa shape index (κ1) is 13.8. The summed E-state index contributed by atoms with van der Waals surface area (Å²) >= 11 is 6.12. The molecule has 1 saturated carbocycles. The maximum atomic E-state index is 11.9. The molecule has 0 aromatic heterocycles. The molecule has 0 bridgehead atoms. The Kier molecular flexibility index (Phi) is 6.18. The van der Waals surface area contributed by atoms with Crippen LogP contribution in [0.3, 0.4) is 0 Å². The fourth-order valence-corrected chi connectivity index (χ4v) is 2.20. The Morgan fingerprint density at radius 1 is 1.25 bits per heavy atom. The molecule has 0 aromatic carbocycles. The number of halogens is 1. The molecule has 1 aliphatic rings. The van der Waals surface area contributed by atoms with Crippen molar-refractivity contribution in [2.24, 2.45) is 11.8 Å². The molecule has 2 nitrogen and oxygen atoms in total. The second-order valence-electron chi connectivity index (χ2n) is 5.19. The van der Waals surface area contributed by atoms with E-state index in [4.69, 9.17) is 11.6 Å². The molecule has 16 heavy (non-hydrogen) atoms. The normalized spacial score (nSPS) is 20.5. The standard InChI is InChI=1S/C13H24ClNO/c1-10(2)12(14)9-15-13(16)11-7-5-3-4-6-8-11/h10-12H,3-9H2,1-2H3,(H,15,16). The van der Waals surface area contributed by atoms with Crippen LogP contribution in [0.1, 0.15) is 52.4 Å². The first-order chi connectivity index (χ1) is 7.61. The van der Waals surface area contributed by atoms with Crippen molar-refractivity contribution in [1.82, 2.24) is 5.32 Å². The van der Waals surface area contributed by atoms with Crippen molar-refractivity contribution < 1.29 is 4.79 Å². The summed E-state index contributed by atoms with van der Waals surface area (Å²) in [6, 6.07) is 0. The van der Waals surface area contributed by atoms with Gasteiger partial charge in [0.25, 0.3) is 0 Å². The second-order valence-corrected chi connectivity index (χ2v) is 5.75. The Balaban J connectivity index is 2.27. The van der Waals surface area contributed by atoms with Crippen LogP contribution in [-0.2, 0) is 4.79 Å². The van der Waals surface area contributed by atoms with Gasteiger partial charge in [-0.05, 0) is 18.8 Å². The van der Waals surface area contributed by atoms with Crippen LogP contribution in [0.5, 0.6) is 0 Å². The van der Waals surface area contributed by atoms with Gasteiger partial charge in [0.05, 0.1) is 5.38 Å². The average molecular weight is 246 g/mol. The minimum Gasteiger partial charge on any atom is -0.354 e. The van der Waals surface area contributed by atoms with Crippen molar-refractivity contribution in [3.63, 3.8) is 0 Å². The van der Waals surface area contributed by atoms with E-state index in [1.165, 1.54) is 25.7 Å². The van der Waals surface area contributed by atoms with Gasteiger partial charge in [-0.25, -0.2) is 0 Å². The molecule has 1 aliphatic carbocycles. The molecule has 1 atom stereocenters. The summed E-state index contributed by atoms with van der Waals surface area (Å²) in [6.07, 6.45) is 7.09. The number of alkyl halides is 1. The second kappa shape index (κ2) is 7.16. The van der Waals surface area contributed by atoms with Gasteiger partial charge in [-0.2, -0.15) is 0 Å². The van der Waals surface area contributed by atoms with E-state index in [1.54, 1.807) is 0 Å². The molecule has 1 amide bonds. The summed E-state index contributed by atoms with van der Waals surface area (Å²) in [7, 11) is 0. The van der Waals surface area contributed by atoms with Gasteiger partial charge in [-0.15, -0.1) is 11.6 Å². The number of carbonyl (C=O) groups is 1. The van der Waals surface area contributed by atoms with Crippen LogP contribution in [0.25, 0.3) is 0 Å². The van der Waals surface area contributed by atoms with Crippen LogP contribution in [0.4, 0.5) is 0 Å². The first-order valence-electron chi connectivity index (χ1n) is 6.53. The van der Waals surface area contributed by atoms with Crippen LogP contribution < -0.4 is 5.32 Å². The van der Waals surface area contributed by atoms with Crippen LogP contribution >= 0.6 is 11.6 Å². The highest BCUT2D eigenvalue weighted by atomic mass is 35.5. The summed E-state index contributed by atoms with van der Waals surface area (Å²) < 4.78 is 0. The summed E-state index contributed by atoms with van der Waals surface area (Å²) in [5.74, 6) is 0.864. The minimum atomic E-state index is 0.0507. The third-order valence-corrected chi connectivity index (χ3v) is 4.08. The minimum absolute atomic E-state index is 0.0507. The molecule has 0 heterocycles. The van der Waals surface area contributed by atoms with Gasteiger partial charge >= 0.3 is 0 Å². The van der Waals surface area contributed by atoms with Crippen LogP contribution in [0.2, 0.25) is 0 Å². The number of hydrogen-bond acceptors (Lipinski definition) is 1. The van der Waals surface area contributed by atoms with Gasteiger partial charge in [0.15, 0.2) is 0 Å². The fraction of sp³-hybridized carbons (Fsp3) is 0.923. The highest BCUT2D eigenvalue weighted by molar-refractivity contribution is 6.21. The summed E-state index contributed by atoms with van der Waals surface area (Å²) in [5, 5.41) is 3.04. The lowest BCUT2D eigenvalue weighted by Gasteiger charge is -2.18. The SMILES string of the molecule is CC(C)C(Cl)CNC(=O)C1CCCCCC1. The summed E-state index contributed by atoms with van der Waals surface area (Å²) in [5.41, 5.74) is 0. The highest BCUT2D eigenvalue weighted by Gasteiger charge is 2.20. The summed E-state index contributed by atoms with van der Waals surface area (Å²) in [6.45, 7) is 4.76. The zero-order valence-electron chi connectivity index (χ0n) is 10.5. The molecule has 94 valence electrons. The van der Waals surface area contributed by atoms with E-state index in [0.717, 1.165) is 12.8 Å². The third-order valence-electron chi connectivity index (χ3n) is 3.42. The zero-order valence-corrected chi connectivity index (χ0v) is 11.2. The van der Waals surface area contributed by atoms with E-state index in [9.17, 15) is 4.79 Å². The van der Waals surface area contributed by atoms with Crippen molar-refractivity contribution in [3.05, 3.63) is 0 Å². The van der Waals surface area contributed by atoms with Crippen LogP contribution in [0, 0.1) is 11.8 Å². The monoisotopic (exact) mass is 245 g/mol. The van der Waals surface area contributed by atoms with Gasteiger partial charge in [-0.1, -0.05) is 39.5 Å². The molecule has 1 N–H and O–H groups in total. The molecule has 1 fully saturated rings. The van der Waals surface area contributed by atoms with E-state index in [1.807, 2.05) is 0 Å². The largest absolute Gasteiger partial charge is 0.354 e. The lowest BCUT2D eigenvalue weighted by molar-refractivity contribution is -0.125. The fourth-order valence-electron chi connectivity index (χ4n) is 2.12. The zero-order chi connectivity index (χ0) is 12.0. The lowest BCUT2D eigenvalue weighted by Crippen LogP contribution is -2.36. The molecular weight excluding hydrogens is 222 g/mol. The number of amides is 1. The first-order valence-corrected chi connectivity index (χ1v) is 6.96. The average Bonchev–Trinajstić information content (AvgIpc) is 2.53. The Bertz CT molecular complexity index is 210. The van der Waals surface area contributed by atoms with Crippen molar-refractivity contribution in [2.75, 3.05) is 6.54 Å². The van der Waals surface area contributed by atoms with Gasteiger partial charge in [0, 0.05) is 12.5 Å². The molecule has 1 unspecified atom stereocenters. The Hall–Kier alpha value is -0.240. The van der Waals surface area contributed by atoms with Crippen molar-refractivity contribution in [3.8, 4) is 0 Å². The Morgan fingerprint density at radius 2 is 1.81 bits per heavy atom. The molecule has 0 radical (unpaired) electrons. The Labute approximate surface area is 104 Å². The summed E-state index contributed by atoms with van der Waals surface area (Å²) in [4.78, 5) is 11.9. The van der Waals surface area contributed by atoms with Gasteiger partial charge < -0.3 is 5.32 Å². The van der Waals surface area contributed by atoms with Crippen molar-refractivity contribution in [1.29, 1.82) is 0 Å². The highest BCUT2D eigenvalue weighted by Crippen LogP contribution is 2.22. The van der Waals surface area contributed by atoms with Crippen molar-refractivity contribution in [2.45, 2.75) is 57.7 Å². The topological polar surface area (TPSA) is 29.1 Å². The predicted octanol–water partition coefficient (Wildman–Crippen LogP) is 3.34. The molecule has 0 spiro atoms. The number of carbonyl (C=O) groups excluding carboxylic acids is 1. The predicted molar refractivity (Wildman–Crippen MR) is 68.7 cm³/mol. The van der Waals surface area contributed by atoms with Gasteiger partial charge in [0.1, 0.15) is 0 Å². The molecule has 0 saturated heterocycles. The molecule has 3 heteroatoms. The number of hydrogen-bond donors (Lipinski definition) is 1. The molecular formula is C13H24ClNO. The Morgan fingerprint density at radius 3 is 2.31 bits per heavy atom. The van der Waals surface area contributed by atoms with E-state index >= 15 is 0 Å². The van der Waals surface area contributed by atoms with E-state index in [-0.39, 0.29) is 17.2 Å². The smallest absolute Gasteiger partial charge is 0.223 e. The lowest BCUT2D eigenvalue weighted by atomic mass is 9.99.